The molecule has 12 aromatic carbocycles. The van der Waals surface area contributed by atoms with Gasteiger partial charge in [-0.15, -0.1) is 0 Å². The zero-order valence-electron chi connectivity index (χ0n) is 49.8. The lowest BCUT2D eigenvalue weighted by atomic mass is 9.90. The Morgan fingerprint density at radius 2 is 0.611 bits per heavy atom. The molecular weight excluding hydrogens is 883 g/mol. The van der Waals surface area contributed by atoms with Crippen molar-refractivity contribution in [3.63, 3.8) is 0 Å². The summed E-state index contributed by atoms with van der Waals surface area (Å²) in [6.45, 7) is 7.87. The van der Waals surface area contributed by atoms with Gasteiger partial charge in [-0.05, 0) is 154 Å². The van der Waals surface area contributed by atoms with Crippen LogP contribution in [0.3, 0.4) is 0 Å². The summed E-state index contributed by atoms with van der Waals surface area (Å²) in [5.74, 6) is -1.47. The Morgan fingerprint density at radius 1 is 0.319 bits per heavy atom. The van der Waals surface area contributed by atoms with Gasteiger partial charge in [0.2, 0.25) is 0 Å². The van der Waals surface area contributed by atoms with E-state index < -0.39 is 72.1 Å². The van der Waals surface area contributed by atoms with Gasteiger partial charge in [0.15, 0.2) is 0 Å². The highest BCUT2D eigenvalue weighted by Crippen LogP contribution is 2.50. The average molecular weight is 943 g/mol. The third kappa shape index (κ3) is 7.92. The van der Waals surface area contributed by atoms with Crippen molar-refractivity contribution in [3.8, 4) is 44.5 Å². The topological polar surface area (TPSA) is 6.48 Å². The first-order valence-electron chi connectivity index (χ1n) is 28.7. The molecule has 0 saturated heterocycles. The van der Waals surface area contributed by atoms with E-state index in [1.807, 2.05) is 161 Å². The molecule has 12 rings (SSSR count). The molecule has 0 atom stereocenters. The van der Waals surface area contributed by atoms with Crippen LogP contribution in [0.15, 0.2) is 230 Å². The smallest absolute Gasteiger partial charge is 0.147 e. The van der Waals surface area contributed by atoms with Crippen LogP contribution in [0.2, 0.25) is 0 Å². The fourth-order valence-electron chi connectivity index (χ4n) is 9.97. The maximum atomic E-state index is 17.9. The molecule has 0 heterocycles. The van der Waals surface area contributed by atoms with Crippen molar-refractivity contribution in [2.24, 2.45) is 0 Å². The van der Waals surface area contributed by atoms with E-state index in [0.29, 0.717) is 54.6 Å². The van der Waals surface area contributed by atoms with Crippen molar-refractivity contribution < 1.29 is 22.5 Å². The molecule has 0 aliphatic carbocycles. The lowest BCUT2D eigenvalue weighted by Gasteiger charge is -2.30. The fourth-order valence-corrected chi connectivity index (χ4v) is 9.97. The van der Waals surface area contributed by atoms with Crippen molar-refractivity contribution in [1.29, 1.82) is 0 Å². The van der Waals surface area contributed by atoms with E-state index in [0.717, 1.165) is 44.5 Å². The molecule has 0 aromatic heterocycles. The molecular formula is C68H50F2N2. The molecule has 0 unspecified atom stereocenters. The van der Waals surface area contributed by atoms with Crippen molar-refractivity contribution >= 4 is 66.4 Å². The highest BCUT2D eigenvalue weighted by atomic mass is 19.1. The summed E-state index contributed by atoms with van der Waals surface area (Å²) in [6.07, 6.45) is 0. The summed E-state index contributed by atoms with van der Waals surface area (Å²) in [5.41, 5.74) is 9.18. The van der Waals surface area contributed by atoms with E-state index in [1.165, 1.54) is 21.9 Å². The first kappa shape index (κ1) is 34.4. The Hall–Kier alpha value is -8.86. The first-order valence-corrected chi connectivity index (χ1v) is 23.7. The number of aryl methyl sites for hydroxylation is 4. The van der Waals surface area contributed by atoms with E-state index in [2.05, 4.69) is 0 Å². The highest BCUT2D eigenvalue weighted by molar-refractivity contribution is 6.28. The van der Waals surface area contributed by atoms with Crippen LogP contribution in [0.4, 0.5) is 42.9 Å². The second-order valence-corrected chi connectivity index (χ2v) is 18.4. The van der Waals surface area contributed by atoms with E-state index in [4.69, 9.17) is 8.22 Å². The van der Waals surface area contributed by atoms with Crippen molar-refractivity contribution in [2.45, 2.75) is 27.7 Å². The minimum atomic E-state index is -0.735. The Kier molecular flexibility index (Phi) is 8.68. The lowest BCUT2D eigenvalue weighted by Crippen LogP contribution is -2.13. The second-order valence-electron chi connectivity index (χ2n) is 18.4. The maximum Gasteiger partial charge on any atom is 0.147 e. The summed E-state index contributed by atoms with van der Waals surface area (Å²) < 4.78 is 126. The van der Waals surface area contributed by atoms with Gasteiger partial charge in [0.05, 0.1) is 36.5 Å². The van der Waals surface area contributed by atoms with Gasteiger partial charge < -0.3 is 9.80 Å². The van der Waals surface area contributed by atoms with Crippen molar-refractivity contribution in [2.75, 3.05) is 9.80 Å². The minimum Gasteiger partial charge on any atom is -0.307 e. The molecule has 72 heavy (non-hydrogen) atoms. The Morgan fingerprint density at radius 3 is 0.931 bits per heavy atom. The predicted molar refractivity (Wildman–Crippen MR) is 300 cm³/mol. The molecule has 0 fully saturated rings. The number of hydrogen-bond donors (Lipinski definition) is 0. The molecule has 12 aromatic rings. The molecule has 0 N–H and O–H groups in total. The van der Waals surface area contributed by atoms with Gasteiger partial charge in [0.25, 0.3) is 0 Å². The molecule has 0 saturated carbocycles. The summed E-state index contributed by atoms with van der Waals surface area (Å²) >= 11 is 0. The normalized spacial score (nSPS) is 13.4. The Labute approximate surface area is 433 Å². The summed E-state index contributed by atoms with van der Waals surface area (Å²) in [4.78, 5) is 2.80. The Balaban J connectivity index is 1.16. The third-order valence-corrected chi connectivity index (χ3v) is 13.6. The zero-order valence-corrected chi connectivity index (χ0v) is 39.8. The van der Waals surface area contributed by atoms with Crippen molar-refractivity contribution in [1.82, 2.24) is 0 Å². The standard InChI is InChI=1S/C68H50F2N2/c1-43-15-23-47(24-16-43)57-39-61(69)65(41-59(57)49-27-19-45(3)20-28-49)71(53-11-7-5-8-12-53)63-37-33-51-32-36-56-64(38-34-52-31-35-55(63)67(51)68(52)56)72(54-13-9-6-10-14-54)66-42-60(50-29-21-46(4)22-30-50)58(40-62(66)70)48-25-17-44(2)18-26-48/h5-42H,1-4H3/i5D,6D,7D,8D,9D,10D,11D,12D,13D,14D. The van der Waals surface area contributed by atoms with Crippen LogP contribution in [-0.2, 0) is 0 Å². The predicted octanol–water partition coefficient (Wildman–Crippen LogP) is 19.7. The Bertz CT molecular complexity index is 4220. The molecule has 0 aliphatic rings. The number of halogens is 2. The monoisotopic (exact) mass is 942 g/mol. The van der Waals surface area contributed by atoms with Gasteiger partial charge >= 0.3 is 0 Å². The van der Waals surface area contributed by atoms with E-state index in [-0.39, 0.29) is 34.1 Å². The van der Waals surface area contributed by atoms with Gasteiger partial charge in [-0.1, -0.05) is 192 Å². The second kappa shape index (κ2) is 18.1. The number of nitrogens with zero attached hydrogens (tertiary/aromatic N) is 2. The van der Waals surface area contributed by atoms with E-state index in [9.17, 15) is 5.48 Å². The van der Waals surface area contributed by atoms with Crippen LogP contribution in [0.25, 0.3) is 76.8 Å². The largest absolute Gasteiger partial charge is 0.307 e. The maximum absolute atomic E-state index is 17.9. The van der Waals surface area contributed by atoms with Crippen LogP contribution in [0.5, 0.6) is 0 Å². The molecule has 0 spiro atoms. The van der Waals surface area contributed by atoms with Crippen LogP contribution >= 0.6 is 0 Å². The van der Waals surface area contributed by atoms with Gasteiger partial charge in [0.1, 0.15) is 11.6 Å². The average Bonchev–Trinajstić information content (AvgIpc) is 2.52. The number of hydrogen-bond acceptors (Lipinski definition) is 2. The SMILES string of the molecule is [2H]c1c([2H])c([2H])c(N(c2cc(-c3ccc(C)cc3)c(-c3ccc(C)cc3)cc2F)c2ccc3ccc4c(N(c5cc(-c6ccc(C)cc6)c(-c6ccc(C)cc6)cc5F)c5c([2H])c([2H])c([2H])c([2H])c5[2H])ccc5ccc2c3c54)c([2H])c1[2H]. The molecule has 0 bridgehead atoms. The number of benzene rings is 12. The fraction of sp³-hybridized carbons (Fsp3) is 0.0588. The van der Waals surface area contributed by atoms with Gasteiger partial charge in [-0.25, -0.2) is 8.78 Å². The van der Waals surface area contributed by atoms with Gasteiger partial charge in [-0.2, -0.15) is 0 Å². The van der Waals surface area contributed by atoms with Crippen molar-refractivity contribution in [3.05, 3.63) is 264 Å². The van der Waals surface area contributed by atoms with E-state index in [1.54, 1.807) is 24.3 Å². The van der Waals surface area contributed by atoms with Crippen LogP contribution in [0, 0.1) is 39.3 Å². The summed E-state index contributed by atoms with van der Waals surface area (Å²) in [6, 6.07) is 45.7. The molecule has 0 aliphatic heterocycles. The minimum absolute atomic E-state index is 0.0954. The molecule has 346 valence electrons. The quantitative estimate of drug-likeness (QED) is 0.126. The van der Waals surface area contributed by atoms with Crippen LogP contribution in [0.1, 0.15) is 36.0 Å². The van der Waals surface area contributed by atoms with E-state index >= 15 is 8.78 Å². The molecule has 4 heteroatoms. The molecule has 0 radical (unpaired) electrons. The first-order chi connectivity index (χ1) is 39.3. The summed E-state index contributed by atoms with van der Waals surface area (Å²) in [5, 5.41) is 3.61. The number of para-hydroxylation sites is 2. The van der Waals surface area contributed by atoms with Crippen LogP contribution in [-0.4, -0.2) is 0 Å². The van der Waals surface area contributed by atoms with Gasteiger partial charge in [-0.3, -0.25) is 0 Å². The summed E-state index contributed by atoms with van der Waals surface area (Å²) in [7, 11) is 0. The number of anilines is 6. The third-order valence-electron chi connectivity index (χ3n) is 13.6. The molecule has 0 amide bonds. The lowest BCUT2D eigenvalue weighted by molar-refractivity contribution is 0.629. The zero-order chi connectivity index (χ0) is 57.7. The van der Waals surface area contributed by atoms with Gasteiger partial charge in [0, 0.05) is 22.1 Å². The molecule has 2 nitrogen and oxygen atoms in total. The van der Waals surface area contributed by atoms with Crippen LogP contribution < -0.4 is 9.80 Å². The highest BCUT2D eigenvalue weighted by Gasteiger charge is 2.26. The number of rotatable bonds is 10.